The number of hydrogen-bond donors (Lipinski definition) is 1. The average Bonchev–Trinajstić information content (AvgIpc) is 2.49. The van der Waals surface area contributed by atoms with E-state index in [-0.39, 0.29) is 0 Å². The second-order valence-electron chi connectivity index (χ2n) is 4.62. The van der Waals surface area contributed by atoms with Gasteiger partial charge in [-0.2, -0.15) is 0 Å². The molecular weight excluding hydrogens is 174 g/mol. The van der Waals surface area contributed by atoms with Crippen LogP contribution in [0.4, 0.5) is 0 Å². The Balaban J connectivity index is 2.07. The van der Waals surface area contributed by atoms with E-state index in [9.17, 15) is 0 Å². The van der Waals surface area contributed by atoms with Gasteiger partial charge in [-0.3, -0.25) is 4.90 Å². The molecule has 1 atom stereocenters. The fraction of sp³-hybridized carbons (Fsp3) is 1.00. The first-order chi connectivity index (χ1) is 6.85. The van der Waals surface area contributed by atoms with E-state index in [0.717, 1.165) is 25.2 Å². The first-order valence-corrected chi connectivity index (χ1v) is 6.03. The minimum absolute atomic E-state index is 0.758. The predicted molar refractivity (Wildman–Crippen MR) is 59.3 cm³/mol. The third-order valence-electron chi connectivity index (χ3n) is 3.82. The summed E-state index contributed by atoms with van der Waals surface area (Å²) in [6.45, 7) is 8.10. The van der Waals surface area contributed by atoms with Crippen LogP contribution in [-0.2, 0) is 0 Å². The van der Waals surface area contributed by atoms with Gasteiger partial charge in [-0.05, 0) is 32.4 Å². The van der Waals surface area contributed by atoms with E-state index in [4.69, 9.17) is 5.73 Å². The third kappa shape index (κ3) is 1.95. The van der Waals surface area contributed by atoms with Crippen LogP contribution >= 0.6 is 0 Å². The van der Waals surface area contributed by atoms with E-state index in [0.29, 0.717) is 0 Å². The molecule has 3 heteroatoms. The molecule has 3 nitrogen and oxygen atoms in total. The maximum atomic E-state index is 5.70. The monoisotopic (exact) mass is 197 g/mol. The number of hydrogen-bond acceptors (Lipinski definition) is 3. The molecule has 3 heterocycles. The molecule has 0 aromatic heterocycles. The number of rotatable bonds is 3. The third-order valence-corrected chi connectivity index (χ3v) is 3.82. The number of nitrogens with zero attached hydrogens (tertiary/aromatic N) is 2. The zero-order valence-electron chi connectivity index (χ0n) is 9.28. The summed E-state index contributed by atoms with van der Waals surface area (Å²) in [6, 6.07) is 1.58. The Morgan fingerprint density at radius 1 is 1.29 bits per heavy atom. The summed E-state index contributed by atoms with van der Waals surface area (Å²) in [6.07, 6.45) is 3.99. The zero-order chi connectivity index (χ0) is 9.97. The van der Waals surface area contributed by atoms with Crippen molar-refractivity contribution in [2.24, 2.45) is 5.73 Å². The molecule has 82 valence electrons. The highest BCUT2D eigenvalue weighted by molar-refractivity contribution is 4.90. The van der Waals surface area contributed by atoms with Crippen LogP contribution in [0.5, 0.6) is 0 Å². The van der Waals surface area contributed by atoms with Gasteiger partial charge in [0.25, 0.3) is 0 Å². The van der Waals surface area contributed by atoms with Crippen molar-refractivity contribution in [2.75, 3.05) is 32.7 Å². The Labute approximate surface area is 87.2 Å². The highest BCUT2D eigenvalue weighted by Gasteiger charge is 2.33. The molecule has 0 aromatic rings. The van der Waals surface area contributed by atoms with Gasteiger partial charge in [0.1, 0.15) is 0 Å². The fourth-order valence-electron chi connectivity index (χ4n) is 3.01. The Hall–Kier alpha value is -0.120. The SMILES string of the molecule is CCC1CN2CCC(CC2)N1CCN. The summed E-state index contributed by atoms with van der Waals surface area (Å²) in [5.74, 6) is 0. The van der Waals surface area contributed by atoms with Crippen molar-refractivity contribution in [2.45, 2.75) is 38.3 Å². The van der Waals surface area contributed by atoms with Gasteiger partial charge < -0.3 is 10.6 Å². The lowest BCUT2D eigenvalue weighted by atomic mass is 10.0. The van der Waals surface area contributed by atoms with Gasteiger partial charge in [0.15, 0.2) is 0 Å². The van der Waals surface area contributed by atoms with Crippen LogP contribution in [0.2, 0.25) is 0 Å². The van der Waals surface area contributed by atoms with Crippen molar-refractivity contribution < 1.29 is 0 Å². The Morgan fingerprint density at radius 2 is 2.00 bits per heavy atom. The Morgan fingerprint density at radius 3 is 2.57 bits per heavy atom. The summed E-state index contributed by atoms with van der Waals surface area (Å²) in [4.78, 5) is 5.30. The van der Waals surface area contributed by atoms with Crippen LogP contribution in [0.15, 0.2) is 0 Å². The standard InChI is InChI=1S/C11H23N3/c1-2-10-9-13-6-3-11(4-7-13)14(10)8-5-12/h10-11H,2-9,12H2,1H3. The van der Waals surface area contributed by atoms with Gasteiger partial charge in [-0.25, -0.2) is 0 Å². The van der Waals surface area contributed by atoms with Crippen LogP contribution < -0.4 is 5.73 Å². The molecule has 0 aromatic carbocycles. The largest absolute Gasteiger partial charge is 0.329 e. The number of fused-ring (bicyclic) bond motifs is 4. The highest BCUT2D eigenvalue weighted by Crippen LogP contribution is 2.25. The number of piperidine rings is 1. The second kappa shape index (κ2) is 4.60. The molecule has 0 spiro atoms. The molecule has 0 radical (unpaired) electrons. The van der Waals surface area contributed by atoms with Crippen molar-refractivity contribution in [1.29, 1.82) is 0 Å². The zero-order valence-corrected chi connectivity index (χ0v) is 9.28. The summed E-state index contributed by atoms with van der Waals surface area (Å²) >= 11 is 0. The normalized spacial score (nSPS) is 38.6. The van der Waals surface area contributed by atoms with E-state index in [1.165, 1.54) is 38.9 Å². The van der Waals surface area contributed by atoms with Crippen molar-refractivity contribution in [3.05, 3.63) is 0 Å². The van der Waals surface area contributed by atoms with Gasteiger partial charge in [0, 0.05) is 31.7 Å². The van der Waals surface area contributed by atoms with E-state index in [2.05, 4.69) is 16.7 Å². The predicted octanol–water partition coefficient (Wildman–Crippen LogP) is 0.504. The first kappa shape index (κ1) is 10.4. The Bertz CT molecular complexity index is 175. The molecule has 0 amide bonds. The van der Waals surface area contributed by atoms with Crippen LogP contribution in [0.25, 0.3) is 0 Å². The topological polar surface area (TPSA) is 32.5 Å². The van der Waals surface area contributed by atoms with E-state index in [1.54, 1.807) is 0 Å². The van der Waals surface area contributed by atoms with Gasteiger partial charge in [-0.1, -0.05) is 6.92 Å². The molecule has 14 heavy (non-hydrogen) atoms. The van der Waals surface area contributed by atoms with Crippen molar-refractivity contribution >= 4 is 0 Å². The van der Waals surface area contributed by atoms with E-state index in [1.807, 2.05) is 0 Å². The molecule has 3 saturated heterocycles. The van der Waals surface area contributed by atoms with E-state index < -0.39 is 0 Å². The summed E-state index contributed by atoms with van der Waals surface area (Å²) < 4.78 is 0. The molecule has 3 aliphatic rings. The summed E-state index contributed by atoms with van der Waals surface area (Å²) in [5, 5.41) is 0. The summed E-state index contributed by atoms with van der Waals surface area (Å²) in [5.41, 5.74) is 5.70. The molecule has 2 bridgehead atoms. The fourth-order valence-corrected chi connectivity index (χ4v) is 3.01. The summed E-state index contributed by atoms with van der Waals surface area (Å²) in [7, 11) is 0. The maximum Gasteiger partial charge on any atom is 0.0224 e. The lowest BCUT2D eigenvalue weighted by Gasteiger charge is -2.34. The van der Waals surface area contributed by atoms with Crippen molar-refractivity contribution in [3.8, 4) is 0 Å². The van der Waals surface area contributed by atoms with Crippen LogP contribution in [0.1, 0.15) is 26.2 Å². The minimum atomic E-state index is 0.758. The quantitative estimate of drug-likeness (QED) is 0.715. The van der Waals surface area contributed by atoms with E-state index >= 15 is 0 Å². The minimum Gasteiger partial charge on any atom is -0.329 e. The Kier molecular flexibility index (Phi) is 3.42. The molecule has 3 rings (SSSR count). The molecule has 0 aliphatic carbocycles. The van der Waals surface area contributed by atoms with Gasteiger partial charge in [0.2, 0.25) is 0 Å². The molecular formula is C11H23N3. The van der Waals surface area contributed by atoms with Crippen LogP contribution in [0.3, 0.4) is 0 Å². The lowest BCUT2D eigenvalue weighted by Crippen LogP contribution is -2.45. The smallest absolute Gasteiger partial charge is 0.0224 e. The highest BCUT2D eigenvalue weighted by atomic mass is 15.3. The van der Waals surface area contributed by atoms with Gasteiger partial charge in [-0.15, -0.1) is 0 Å². The van der Waals surface area contributed by atoms with Crippen LogP contribution in [0, 0.1) is 0 Å². The molecule has 1 unspecified atom stereocenters. The van der Waals surface area contributed by atoms with Crippen molar-refractivity contribution in [1.82, 2.24) is 9.80 Å². The number of nitrogens with two attached hydrogens (primary N) is 1. The maximum absolute atomic E-state index is 5.70. The second-order valence-corrected chi connectivity index (χ2v) is 4.62. The molecule has 3 aliphatic heterocycles. The lowest BCUT2D eigenvalue weighted by molar-refractivity contribution is 0.145. The first-order valence-electron chi connectivity index (χ1n) is 6.03. The average molecular weight is 197 g/mol. The molecule has 2 N–H and O–H groups in total. The van der Waals surface area contributed by atoms with Gasteiger partial charge >= 0.3 is 0 Å². The van der Waals surface area contributed by atoms with Crippen LogP contribution in [-0.4, -0.2) is 54.6 Å². The van der Waals surface area contributed by atoms with Gasteiger partial charge in [0.05, 0.1) is 0 Å². The van der Waals surface area contributed by atoms with Crippen molar-refractivity contribution in [3.63, 3.8) is 0 Å². The molecule has 0 saturated carbocycles. The molecule has 3 fully saturated rings.